The maximum absolute atomic E-state index is 12.4. The van der Waals surface area contributed by atoms with E-state index < -0.39 is 0 Å². The molecule has 2 aliphatic heterocycles. The zero-order chi connectivity index (χ0) is 16.9. The number of amides is 3. The first-order chi connectivity index (χ1) is 11.6. The van der Waals surface area contributed by atoms with Crippen molar-refractivity contribution in [3.8, 4) is 0 Å². The molecule has 2 saturated heterocycles. The minimum atomic E-state index is 0.0584. The molecule has 0 atom stereocenters. The minimum absolute atomic E-state index is 0.0584. The van der Waals surface area contributed by atoms with Gasteiger partial charge in [-0.2, -0.15) is 0 Å². The summed E-state index contributed by atoms with van der Waals surface area (Å²) in [6.07, 6.45) is 0.370. The second-order valence-corrected chi connectivity index (χ2v) is 6.49. The third-order valence-corrected chi connectivity index (χ3v) is 4.71. The first kappa shape index (κ1) is 17.0. The number of ether oxygens (including phenoxy) is 1. The molecular formula is C17H22ClN3O3. The fraction of sp³-hybridized carbons (Fsp3) is 0.529. The summed E-state index contributed by atoms with van der Waals surface area (Å²) < 4.78 is 5.28. The third-order valence-electron chi connectivity index (χ3n) is 4.45. The number of hydrogen-bond acceptors (Lipinski definition) is 3. The van der Waals surface area contributed by atoms with Crippen molar-refractivity contribution < 1.29 is 14.3 Å². The molecule has 0 aliphatic carbocycles. The Morgan fingerprint density at radius 1 is 0.875 bits per heavy atom. The van der Waals surface area contributed by atoms with Gasteiger partial charge in [-0.05, 0) is 17.7 Å². The zero-order valence-electron chi connectivity index (χ0n) is 13.6. The zero-order valence-corrected chi connectivity index (χ0v) is 14.4. The topological polar surface area (TPSA) is 53.1 Å². The molecule has 0 saturated carbocycles. The molecule has 0 bridgehead atoms. The highest BCUT2D eigenvalue weighted by Gasteiger charge is 2.27. The van der Waals surface area contributed by atoms with Crippen LogP contribution in [0.3, 0.4) is 0 Å². The Labute approximate surface area is 146 Å². The first-order valence-electron chi connectivity index (χ1n) is 8.27. The van der Waals surface area contributed by atoms with Crippen molar-refractivity contribution in [2.24, 2.45) is 0 Å². The Morgan fingerprint density at radius 2 is 1.42 bits per heavy atom. The Balaban J connectivity index is 1.48. The largest absolute Gasteiger partial charge is 0.378 e. The monoisotopic (exact) mass is 351 g/mol. The van der Waals surface area contributed by atoms with Crippen molar-refractivity contribution in [2.45, 2.75) is 6.42 Å². The molecule has 3 rings (SSSR count). The van der Waals surface area contributed by atoms with Crippen molar-refractivity contribution in [1.82, 2.24) is 14.7 Å². The number of hydrogen-bond donors (Lipinski definition) is 0. The number of carbonyl (C=O) groups excluding carboxylic acids is 2. The quantitative estimate of drug-likeness (QED) is 0.811. The fourth-order valence-corrected chi connectivity index (χ4v) is 3.12. The number of urea groups is 1. The van der Waals surface area contributed by atoms with Crippen LogP contribution in [0.1, 0.15) is 5.56 Å². The standard InChI is InChI=1S/C17H22ClN3O3/c18-15-3-1-14(2-4-15)13-16(22)19-5-7-20(8-6-19)17(23)21-9-11-24-12-10-21/h1-4H,5-13H2. The van der Waals surface area contributed by atoms with Gasteiger partial charge in [0, 0.05) is 44.3 Å². The Kier molecular flexibility index (Phi) is 5.58. The van der Waals surface area contributed by atoms with Gasteiger partial charge in [0.15, 0.2) is 0 Å². The summed E-state index contributed by atoms with van der Waals surface area (Å²) in [4.78, 5) is 30.3. The second kappa shape index (κ2) is 7.85. The van der Waals surface area contributed by atoms with Crippen LogP contribution >= 0.6 is 11.6 Å². The molecule has 1 aromatic rings. The molecule has 0 unspecified atom stereocenters. The summed E-state index contributed by atoms with van der Waals surface area (Å²) in [7, 11) is 0. The molecule has 0 spiro atoms. The normalized spacial score (nSPS) is 18.6. The lowest BCUT2D eigenvalue weighted by molar-refractivity contribution is -0.131. The lowest BCUT2D eigenvalue weighted by Crippen LogP contribution is -2.55. The second-order valence-electron chi connectivity index (χ2n) is 6.05. The number of piperazine rings is 1. The van der Waals surface area contributed by atoms with E-state index in [-0.39, 0.29) is 11.9 Å². The van der Waals surface area contributed by atoms with Gasteiger partial charge in [0.25, 0.3) is 0 Å². The van der Waals surface area contributed by atoms with Crippen LogP contribution in [0.2, 0.25) is 5.02 Å². The molecule has 2 fully saturated rings. The molecule has 2 aliphatic rings. The van der Waals surface area contributed by atoms with E-state index in [4.69, 9.17) is 16.3 Å². The van der Waals surface area contributed by atoms with Gasteiger partial charge in [0.1, 0.15) is 0 Å². The van der Waals surface area contributed by atoms with Crippen LogP contribution in [0.5, 0.6) is 0 Å². The van der Waals surface area contributed by atoms with E-state index >= 15 is 0 Å². The summed E-state index contributed by atoms with van der Waals surface area (Å²) in [5, 5.41) is 0.668. The molecule has 3 amide bonds. The van der Waals surface area contributed by atoms with Crippen LogP contribution in [0, 0.1) is 0 Å². The average Bonchev–Trinajstić information content (AvgIpc) is 2.64. The number of morpholine rings is 1. The van der Waals surface area contributed by atoms with Crippen LogP contribution in [0.15, 0.2) is 24.3 Å². The lowest BCUT2D eigenvalue weighted by atomic mass is 10.1. The predicted octanol–water partition coefficient (Wildman–Crippen LogP) is 1.48. The van der Waals surface area contributed by atoms with E-state index in [1.165, 1.54) is 0 Å². The first-order valence-corrected chi connectivity index (χ1v) is 8.65. The Hall–Kier alpha value is -1.79. The smallest absolute Gasteiger partial charge is 0.320 e. The Bertz CT molecular complexity index is 579. The van der Waals surface area contributed by atoms with Crippen LogP contribution in [0.4, 0.5) is 4.79 Å². The fourth-order valence-electron chi connectivity index (χ4n) is 2.99. The molecule has 7 heteroatoms. The summed E-state index contributed by atoms with van der Waals surface area (Å²) in [5.74, 6) is 0.0933. The van der Waals surface area contributed by atoms with Crippen molar-refractivity contribution >= 4 is 23.5 Å². The van der Waals surface area contributed by atoms with E-state index in [0.29, 0.717) is 63.9 Å². The highest BCUT2D eigenvalue weighted by Crippen LogP contribution is 2.13. The van der Waals surface area contributed by atoms with Gasteiger partial charge in [-0.15, -0.1) is 0 Å². The summed E-state index contributed by atoms with van der Waals surface area (Å²) >= 11 is 5.86. The van der Waals surface area contributed by atoms with E-state index in [2.05, 4.69) is 0 Å². The number of nitrogens with zero attached hydrogens (tertiary/aromatic N) is 3. The highest BCUT2D eigenvalue weighted by molar-refractivity contribution is 6.30. The summed E-state index contributed by atoms with van der Waals surface area (Å²) in [5.41, 5.74) is 0.955. The van der Waals surface area contributed by atoms with E-state index in [1.54, 1.807) is 12.1 Å². The maximum Gasteiger partial charge on any atom is 0.320 e. The number of rotatable bonds is 2. The van der Waals surface area contributed by atoms with Crippen molar-refractivity contribution in [3.05, 3.63) is 34.9 Å². The van der Waals surface area contributed by atoms with Crippen LogP contribution in [-0.4, -0.2) is 79.1 Å². The molecule has 2 heterocycles. The van der Waals surface area contributed by atoms with Crippen LogP contribution in [0.25, 0.3) is 0 Å². The third kappa shape index (κ3) is 4.19. The van der Waals surface area contributed by atoms with E-state index in [0.717, 1.165) is 5.56 Å². The predicted molar refractivity (Wildman–Crippen MR) is 91.1 cm³/mol. The van der Waals surface area contributed by atoms with Gasteiger partial charge in [-0.25, -0.2) is 4.79 Å². The van der Waals surface area contributed by atoms with Gasteiger partial charge >= 0.3 is 6.03 Å². The number of carbonyl (C=O) groups is 2. The van der Waals surface area contributed by atoms with Gasteiger partial charge in [-0.3, -0.25) is 4.79 Å². The molecule has 6 nitrogen and oxygen atoms in total. The lowest BCUT2D eigenvalue weighted by Gasteiger charge is -2.38. The molecule has 130 valence electrons. The van der Waals surface area contributed by atoms with Gasteiger partial charge < -0.3 is 19.4 Å². The highest BCUT2D eigenvalue weighted by atomic mass is 35.5. The van der Waals surface area contributed by atoms with Gasteiger partial charge in [-0.1, -0.05) is 23.7 Å². The van der Waals surface area contributed by atoms with E-state index in [9.17, 15) is 9.59 Å². The van der Waals surface area contributed by atoms with Crippen molar-refractivity contribution in [2.75, 3.05) is 52.5 Å². The van der Waals surface area contributed by atoms with Crippen molar-refractivity contribution in [3.63, 3.8) is 0 Å². The SMILES string of the molecule is O=C(Cc1ccc(Cl)cc1)N1CCN(C(=O)N2CCOCC2)CC1. The molecule has 1 aromatic carbocycles. The molecule has 0 N–H and O–H groups in total. The molecular weight excluding hydrogens is 330 g/mol. The number of halogens is 1. The Morgan fingerprint density at radius 3 is 2.04 bits per heavy atom. The summed E-state index contributed by atoms with van der Waals surface area (Å²) in [6, 6.07) is 7.39. The number of benzene rings is 1. The molecule has 24 heavy (non-hydrogen) atoms. The molecule has 0 radical (unpaired) electrons. The molecule has 0 aromatic heterocycles. The average molecular weight is 352 g/mol. The van der Waals surface area contributed by atoms with Gasteiger partial charge in [0.2, 0.25) is 5.91 Å². The maximum atomic E-state index is 12.4. The minimum Gasteiger partial charge on any atom is -0.378 e. The van der Waals surface area contributed by atoms with E-state index in [1.807, 2.05) is 26.8 Å². The van der Waals surface area contributed by atoms with Crippen LogP contribution < -0.4 is 0 Å². The van der Waals surface area contributed by atoms with Crippen molar-refractivity contribution in [1.29, 1.82) is 0 Å². The van der Waals surface area contributed by atoms with Gasteiger partial charge in [0.05, 0.1) is 19.6 Å². The summed E-state index contributed by atoms with van der Waals surface area (Å²) in [6.45, 7) is 4.84. The van der Waals surface area contributed by atoms with Crippen LogP contribution in [-0.2, 0) is 16.0 Å².